The van der Waals surface area contributed by atoms with Crippen LogP contribution >= 0.6 is 0 Å². The highest BCUT2D eigenvalue weighted by molar-refractivity contribution is 5.25. The van der Waals surface area contributed by atoms with Gasteiger partial charge in [0.2, 0.25) is 0 Å². The SMILES string of the molecule is CCNC(CO)(CN1CC(C)CC(C)C1)c1ccccc1. The van der Waals surface area contributed by atoms with Gasteiger partial charge in [-0.1, -0.05) is 51.1 Å². The molecule has 1 aromatic rings. The van der Waals surface area contributed by atoms with E-state index >= 15 is 0 Å². The summed E-state index contributed by atoms with van der Waals surface area (Å²) in [6.45, 7) is 10.9. The second-order valence-corrected chi connectivity index (χ2v) is 6.78. The molecule has 0 saturated carbocycles. The van der Waals surface area contributed by atoms with Crippen molar-refractivity contribution in [3.63, 3.8) is 0 Å². The molecular weight excluding hydrogens is 260 g/mol. The summed E-state index contributed by atoms with van der Waals surface area (Å²) >= 11 is 0. The molecule has 1 fully saturated rings. The van der Waals surface area contributed by atoms with Crippen LogP contribution in [0.3, 0.4) is 0 Å². The van der Waals surface area contributed by atoms with Crippen molar-refractivity contribution >= 4 is 0 Å². The Kier molecular flexibility index (Phi) is 5.80. The molecule has 1 aliphatic heterocycles. The largest absolute Gasteiger partial charge is 0.394 e. The van der Waals surface area contributed by atoms with Crippen LogP contribution in [0, 0.1) is 11.8 Å². The fourth-order valence-corrected chi connectivity index (χ4v) is 3.84. The lowest BCUT2D eigenvalue weighted by Crippen LogP contribution is -2.55. The van der Waals surface area contributed by atoms with Crippen molar-refractivity contribution in [3.05, 3.63) is 35.9 Å². The summed E-state index contributed by atoms with van der Waals surface area (Å²) < 4.78 is 0. The quantitative estimate of drug-likeness (QED) is 0.845. The van der Waals surface area contributed by atoms with Crippen LogP contribution in [-0.4, -0.2) is 42.8 Å². The van der Waals surface area contributed by atoms with E-state index in [0.717, 1.165) is 38.0 Å². The van der Waals surface area contributed by atoms with Gasteiger partial charge in [-0.15, -0.1) is 0 Å². The zero-order valence-electron chi connectivity index (χ0n) is 13.7. The molecule has 0 bridgehead atoms. The number of likely N-dealkylation sites (tertiary alicyclic amines) is 1. The van der Waals surface area contributed by atoms with E-state index in [1.807, 2.05) is 6.07 Å². The van der Waals surface area contributed by atoms with E-state index in [9.17, 15) is 5.11 Å². The molecule has 1 aromatic carbocycles. The molecular formula is C18H30N2O. The number of hydrogen-bond donors (Lipinski definition) is 2. The molecule has 0 spiro atoms. The number of rotatable bonds is 6. The van der Waals surface area contributed by atoms with E-state index in [1.165, 1.54) is 12.0 Å². The van der Waals surface area contributed by atoms with Crippen LogP contribution < -0.4 is 5.32 Å². The lowest BCUT2D eigenvalue weighted by atomic mass is 9.86. The monoisotopic (exact) mass is 290 g/mol. The third-order valence-electron chi connectivity index (χ3n) is 4.55. The van der Waals surface area contributed by atoms with E-state index in [1.54, 1.807) is 0 Å². The Bertz CT molecular complexity index is 412. The van der Waals surface area contributed by atoms with E-state index in [0.29, 0.717) is 0 Å². The van der Waals surface area contributed by atoms with Gasteiger partial charge in [0.15, 0.2) is 0 Å². The van der Waals surface area contributed by atoms with Gasteiger partial charge in [-0.05, 0) is 30.4 Å². The highest BCUT2D eigenvalue weighted by atomic mass is 16.3. The molecule has 1 heterocycles. The fraction of sp³-hybridized carbons (Fsp3) is 0.667. The van der Waals surface area contributed by atoms with Gasteiger partial charge in [-0.2, -0.15) is 0 Å². The Morgan fingerprint density at radius 1 is 1.19 bits per heavy atom. The molecule has 0 aliphatic carbocycles. The summed E-state index contributed by atoms with van der Waals surface area (Å²) in [6, 6.07) is 10.4. The van der Waals surface area contributed by atoms with Gasteiger partial charge >= 0.3 is 0 Å². The third-order valence-corrected chi connectivity index (χ3v) is 4.55. The van der Waals surface area contributed by atoms with Crippen LogP contribution in [0.2, 0.25) is 0 Å². The van der Waals surface area contributed by atoms with Crippen molar-refractivity contribution in [3.8, 4) is 0 Å². The average molecular weight is 290 g/mol. The van der Waals surface area contributed by atoms with Crippen LogP contribution in [-0.2, 0) is 5.54 Å². The molecule has 3 atom stereocenters. The Hall–Kier alpha value is -0.900. The molecule has 1 aliphatic rings. The predicted molar refractivity (Wildman–Crippen MR) is 88.3 cm³/mol. The van der Waals surface area contributed by atoms with E-state index in [4.69, 9.17) is 0 Å². The first-order valence-corrected chi connectivity index (χ1v) is 8.23. The highest BCUT2D eigenvalue weighted by Crippen LogP contribution is 2.27. The van der Waals surface area contributed by atoms with Gasteiger partial charge in [0.25, 0.3) is 0 Å². The standard InChI is InChI=1S/C18H30N2O/c1-4-19-18(14-21,17-8-6-5-7-9-17)13-20-11-15(2)10-16(3)12-20/h5-9,15-16,19,21H,4,10-14H2,1-3H3. The Morgan fingerprint density at radius 3 is 2.33 bits per heavy atom. The molecule has 3 nitrogen and oxygen atoms in total. The average Bonchev–Trinajstić information content (AvgIpc) is 2.46. The third kappa shape index (κ3) is 4.06. The summed E-state index contributed by atoms with van der Waals surface area (Å²) in [5.74, 6) is 1.48. The minimum Gasteiger partial charge on any atom is -0.394 e. The van der Waals surface area contributed by atoms with E-state index in [2.05, 4.69) is 55.3 Å². The normalized spacial score (nSPS) is 26.5. The van der Waals surface area contributed by atoms with Gasteiger partial charge in [-0.3, -0.25) is 0 Å². The molecule has 2 N–H and O–H groups in total. The van der Waals surface area contributed by atoms with Crippen LogP contribution in [0.5, 0.6) is 0 Å². The molecule has 3 unspecified atom stereocenters. The second kappa shape index (κ2) is 7.39. The minimum absolute atomic E-state index is 0.129. The lowest BCUT2D eigenvalue weighted by Gasteiger charge is -2.42. The molecule has 118 valence electrons. The number of benzene rings is 1. The predicted octanol–water partition coefficient (Wildman–Crippen LogP) is 2.46. The first-order chi connectivity index (χ1) is 10.1. The first-order valence-electron chi connectivity index (χ1n) is 8.23. The van der Waals surface area contributed by atoms with Gasteiger partial charge in [0, 0.05) is 19.6 Å². The number of hydrogen-bond acceptors (Lipinski definition) is 3. The topological polar surface area (TPSA) is 35.5 Å². The number of nitrogens with one attached hydrogen (secondary N) is 1. The molecule has 3 heteroatoms. The molecule has 21 heavy (non-hydrogen) atoms. The Morgan fingerprint density at radius 2 is 1.81 bits per heavy atom. The maximum Gasteiger partial charge on any atom is 0.0797 e. The zero-order valence-corrected chi connectivity index (χ0v) is 13.7. The summed E-state index contributed by atoms with van der Waals surface area (Å²) in [7, 11) is 0. The fourth-order valence-electron chi connectivity index (χ4n) is 3.84. The van der Waals surface area contributed by atoms with E-state index < -0.39 is 0 Å². The van der Waals surface area contributed by atoms with Crippen molar-refractivity contribution in [2.45, 2.75) is 32.7 Å². The minimum atomic E-state index is -0.354. The number of nitrogens with zero attached hydrogens (tertiary/aromatic N) is 1. The smallest absolute Gasteiger partial charge is 0.0797 e. The number of piperidine rings is 1. The van der Waals surface area contributed by atoms with Crippen LogP contribution in [0.25, 0.3) is 0 Å². The van der Waals surface area contributed by atoms with Crippen molar-refractivity contribution in [2.75, 3.05) is 32.8 Å². The number of aliphatic hydroxyl groups excluding tert-OH is 1. The second-order valence-electron chi connectivity index (χ2n) is 6.78. The van der Waals surface area contributed by atoms with Gasteiger partial charge in [-0.25, -0.2) is 0 Å². The number of aliphatic hydroxyl groups is 1. The molecule has 2 rings (SSSR count). The highest BCUT2D eigenvalue weighted by Gasteiger charge is 2.34. The van der Waals surface area contributed by atoms with Crippen molar-refractivity contribution in [2.24, 2.45) is 11.8 Å². The van der Waals surface area contributed by atoms with E-state index in [-0.39, 0.29) is 12.1 Å². The summed E-state index contributed by atoms with van der Waals surface area (Å²) in [4.78, 5) is 2.52. The van der Waals surface area contributed by atoms with Crippen molar-refractivity contribution in [1.82, 2.24) is 10.2 Å². The summed E-state index contributed by atoms with van der Waals surface area (Å²) in [5.41, 5.74) is 0.826. The Labute approximate surface area is 129 Å². The molecule has 0 radical (unpaired) electrons. The molecule has 1 saturated heterocycles. The zero-order chi connectivity index (χ0) is 15.3. The maximum atomic E-state index is 10.1. The summed E-state index contributed by atoms with van der Waals surface area (Å²) in [5, 5.41) is 13.7. The molecule has 0 aromatic heterocycles. The van der Waals surface area contributed by atoms with Crippen molar-refractivity contribution < 1.29 is 5.11 Å². The molecule has 0 amide bonds. The summed E-state index contributed by atoms with van der Waals surface area (Å²) in [6.07, 6.45) is 1.31. The lowest BCUT2D eigenvalue weighted by molar-refractivity contribution is 0.0676. The van der Waals surface area contributed by atoms with Crippen LogP contribution in [0.4, 0.5) is 0 Å². The van der Waals surface area contributed by atoms with Gasteiger partial charge < -0.3 is 15.3 Å². The first kappa shape index (κ1) is 16.5. The van der Waals surface area contributed by atoms with Gasteiger partial charge in [0.05, 0.1) is 12.1 Å². The Balaban J connectivity index is 2.20. The van der Waals surface area contributed by atoms with Gasteiger partial charge in [0.1, 0.15) is 0 Å². The van der Waals surface area contributed by atoms with Crippen LogP contribution in [0.15, 0.2) is 30.3 Å². The maximum absolute atomic E-state index is 10.1. The number of likely N-dealkylation sites (N-methyl/N-ethyl adjacent to an activating group) is 1. The van der Waals surface area contributed by atoms with Crippen molar-refractivity contribution in [1.29, 1.82) is 0 Å². The van der Waals surface area contributed by atoms with Crippen LogP contribution in [0.1, 0.15) is 32.8 Å².